The molecule has 4 heterocycles. The van der Waals surface area contributed by atoms with Crippen LogP contribution in [0.5, 0.6) is 0 Å². The molecule has 1 aliphatic carbocycles. The standard InChI is InChI=1S/C33H34ClFN6O2S/c1-4-14-43-18-39-12-13-40(26-17-25(26)39)31-21-16-22(34)29-28-23(35)8-6-9-24(28)36-11-15-44-27-10-5-7-20(19(2)3)30(27)41(32(21)37-29)33(42)38-31/h4-10,16,19,25-26,36H,1,11-15,17-18H2,2-3H3/t25-,26+/m0/s1. The summed E-state index contributed by atoms with van der Waals surface area (Å²) < 4.78 is 22.9. The highest BCUT2D eigenvalue weighted by Crippen LogP contribution is 2.43. The number of ether oxygens (including phenoxy) is 1. The number of nitrogens with zero attached hydrogens (tertiary/aromatic N) is 5. The van der Waals surface area contributed by atoms with Crippen molar-refractivity contribution in [3.8, 4) is 16.9 Å². The summed E-state index contributed by atoms with van der Waals surface area (Å²) in [5.74, 6) is 0.964. The van der Waals surface area contributed by atoms with Gasteiger partial charge in [-0.15, -0.1) is 18.3 Å². The van der Waals surface area contributed by atoms with E-state index in [0.717, 1.165) is 29.1 Å². The number of aromatic nitrogens is 3. The Bertz CT molecular complexity index is 1830. The molecule has 2 aliphatic heterocycles. The molecule has 1 saturated heterocycles. The Balaban J connectivity index is 1.47. The SMILES string of the molecule is C=CCOCN1CCN(c2nc(=O)n3c4nc(c(Cl)cc24)-c2c(F)cccc2NCCSc2cccc(C(C)C)c2-3)[C@@H]2C[C@@H]21. The molecule has 8 nitrogen and oxygen atoms in total. The molecule has 7 rings (SSSR count). The van der Waals surface area contributed by atoms with Gasteiger partial charge in [0.2, 0.25) is 0 Å². The van der Waals surface area contributed by atoms with Crippen LogP contribution >= 0.6 is 23.4 Å². The highest BCUT2D eigenvalue weighted by molar-refractivity contribution is 7.99. The molecule has 44 heavy (non-hydrogen) atoms. The Morgan fingerprint density at radius 2 is 2.05 bits per heavy atom. The third-order valence-electron chi connectivity index (χ3n) is 8.59. The second-order valence-electron chi connectivity index (χ2n) is 11.7. The molecule has 228 valence electrons. The number of hydrogen-bond acceptors (Lipinski definition) is 8. The number of pyridine rings is 1. The van der Waals surface area contributed by atoms with Crippen LogP contribution in [-0.4, -0.2) is 70.2 Å². The molecule has 1 saturated carbocycles. The number of halogens is 2. The van der Waals surface area contributed by atoms with Crippen molar-refractivity contribution in [1.29, 1.82) is 0 Å². The minimum absolute atomic E-state index is 0.131. The van der Waals surface area contributed by atoms with Crippen molar-refractivity contribution in [1.82, 2.24) is 19.4 Å². The number of fused-ring (bicyclic) bond motifs is 6. The van der Waals surface area contributed by atoms with Gasteiger partial charge in [-0.05, 0) is 42.2 Å². The fourth-order valence-corrected chi connectivity index (χ4v) is 7.65. The monoisotopic (exact) mass is 632 g/mol. The number of para-hydroxylation sites is 1. The Labute approximate surface area is 264 Å². The lowest BCUT2D eigenvalue weighted by atomic mass is 10.0. The molecule has 2 fully saturated rings. The fourth-order valence-electron chi connectivity index (χ4n) is 6.46. The Morgan fingerprint density at radius 3 is 2.86 bits per heavy atom. The lowest BCUT2D eigenvalue weighted by molar-refractivity contribution is 0.0337. The molecular formula is C33H34ClFN6O2S. The number of hydrogen-bond donors (Lipinski definition) is 1. The summed E-state index contributed by atoms with van der Waals surface area (Å²) in [6.45, 7) is 11.0. The van der Waals surface area contributed by atoms with Gasteiger partial charge in [-0.25, -0.2) is 18.7 Å². The van der Waals surface area contributed by atoms with Crippen LogP contribution in [0.2, 0.25) is 5.02 Å². The smallest absolute Gasteiger partial charge is 0.355 e. The third kappa shape index (κ3) is 5.07. The van der Waals surface area contributed by atoms with E-state index in [-0.39, 0.29) is 23.2 Å². The largest absolute Gasteiger partial charge is 0.384 e. The maximum Gasteiger partial charge on any atom is 0.355 e. The van der Waals surface area contributed by atoms with E-state index >= 15 is 4.39 Å². The molecule has 0 amide bonds. The molecule has 2 aromatic heterocycles. The summed E-state index contributed by atoms with van der Waals surface area (Å²) in [5.41, 5.74) is 2.96. The summed E-state index contributed by atoms with van der Waals surface area (Å²) in [7, 11) is 0. The van der Waals surface area contributed by atoms with E-state index in [1.807, 2.05) is 18.2 Å². The predicted molar refractivity (Wildman–Crippen MR) is 176 cm³/mol. The maximum atomic E-state index is 15.5. The van der Waals surface area contributed by atoms with Gasteiger partial charge in [0.1, 0.15) is 11.6 Å². The van der Waals surface area contributed by atoms with Crippen LogP contribution in [0.25, 0.3) is 28.0 Å². The molecule has 3 aliphatic rings. The van der Waals surface area contributed by atoms with Gasteiger partial charge in [-0.1, -0.05) is 49.7 Å². The van der Waals surface area contributed by atoms with E-state index in [9.17, 15) is 4.79 Å². The number of rotatable bonds is 6. The average molecular weight is 633 g/mol. The molecule has 0 unspecified atom stereocenters. The number of nitrogens with one attached hydrogen (secondary N) is 1. The van der Waals surface area contributed by atoms with E-state index in [1.165, 1.54) is 6.07 Å². The molecule has 0 spiro atoms. The third-order valence-corrected chi connectivity index (χ3v) is 9.93. The summed E-state index contributed by atoms with van der Waals surface area (Å²) in [6, 6.07) is 13.3. The molecule has 0 radical (unpaired) electrons. The normalized spacial score (nSPS) is 19.5. The van der Waals surface area contributed by atoms with Gasteiger partial charge >= 0.3 is 5.69 Å². The average Bonchev–Trinajstić information content (AvgIpc) is 3.81. The zero-order valence-corrected chi connectivity index (χ0v) is 26.3. The Kier molecular flexibility index (Phi) is 7.86. The molecule has 2 aromatic carbocycles. The summed E-state index contributed by atoms with van der Waals surface area (Å²) in [5, 5.41) is 4.35. The van der Waals surface area contributed by atoms with Crippen LogP contribution in [-0.2, 0) is 4.74 Å². The van der Waals surface area contributed by atoms with Gasteiger partial charge in [0.15, 0.2) is 5.65 Å². The molecule has 2 atom stereocenters. The summed E-state index contributed by atoms with van der Waals surface area (Å²) in [6.07, 6.45) is 2.70. The highest BCUT2D eigenvalue weighted by Gasteiger charge is 2.50. The van der Waals surface area contributed by atoms with Crippen molar-refractivity contribution >= 4 is 45.9 Å². The van der Waals surface area contributed by atoms with Crippen LogP contribution in [0.15, 0.2) is 64.8 Å². The highest BCUT2D eigenvalue weighted by atomic mass is 35.5. The first-order valence-corrected chi connectivity index (χ1v) is 16.3. The molecule has 11 heteroatoms. The fraction of sp³-hybridized carbons (Fsp3) is 0.364. The van der Waals surface area contributed by atoms with Gasteiger partial charge in [-0.2, -0.15) is 4.98 Å². The number of anilines is 2. The predicted octanol–water partition coefficient (Wildman–Crippen LogP) is 6.30. The topological polar surface area (TPSA) is 75.5 Å². The zero-order valence-electron chi connectivity index (χ0n) is 24.7. The Morgan fingerprint density at radius 1 is 1.20 bits per heavy atom. The van der Waals surface area contributed by atoms with E-state index in [4.69, 9.17) is 26.3 Å². The van der Waals surface area contributed by atoms with Crippen molar-refractivity contribution in [2.45, 2.75) is 43.2 Å². The van der Waals surface area contributed by atoms with E-state index in [0.29, 0.717) is 65.8 Å². The van der Waals surface area contributed by atoms with Gasteiger partial charge in [0, 0.05) is 48.1 Å². The van der Waals surface area contributed by atoms with Crippen LogP contribution in [0.4, 0.5) is 15.9 Å². The van der Waals surface area contributed by atoms with Gasteiger partial charge < -0.3 is 15.0 Å². The first-order chi connectivity index (χ1) is 21.4. The first kappa shape index (κ1) is 29.3. The number of benzene rings is 2. The van der Waals surface area contributed by atoms with Gasteiger partial charge in [0.05, 0.1) is 40.7 Å². The summed E-state index contributed by atoms with van der Waals surface area (Å²) >= 11 is 8.62. The van der Waals surface area contributed by atoms with E-state index < -0.39 is 11.5 Å². The van der Waals surface area contributed by atoms with Crippen LogP contribution < -0.4 is 15.9 Å². The van der Waals surface area contributed by atoms with Crippen molar-refractivity contribution in [2.24, 2.45) is 0 Å². The van der Waals surface area contributed by atoms with Crippen LogP contribution in [0.3, 0.4) is 0 Å². The lowest BCUT2D eigenvalue weighted by Crippen LogP contribution is -2.48. The van der Waals surface area contributed by atoms with Gasteiger partial charge in [-0.3, -0.25) is 4.90 Å². The Hall–Kier alpha value is -3.44. The quantitative estimate of drug-likeness (QED) is 0.196. The first-order valence-electron chi connectivity index (χ1n) is 15.0. The maximum absolute atomic E-state index is 15.5. The van der Waals surface area contributed by atoms with Crippen molar-refractivity contribution < 1.29 is 9.13 Å². The second kappa shape index (κ2) is 11.8. The number of thioether (sulfide) groups is 1. The van der Waals surface area contributed by atoms with E-state index in [1.54, 1.807) is 34.5 Å². The zero-order chi connectivity index (χ0) is 30.5. The van der Waals surface area contributed by atoms with Crippen molar-refractivity contribution in [3.63, 3.8) is 0 Å². The molecule has 2 bridgehead atoms. The number of piperazine rings is 1. The summed E-state index contributed by atoms with van der Waals surface area (Å²) in [4.78, 5) is 29.6. The molecule has 4 aromatic rings. The van der Waals surface area contributed by atoms with Crippen molar-refractivity contribution in [2.75, 3.05) is 48.9 Å². The van der Waals surface area contributed by atoms with Crippen molar-refractivity contribution in [3.05, 3.63) is 82.0 Å². The minimum atomic E-state index is -0.435. The van der Waals surface area contributed by atoms with Crippen LogP contribution in [0.1, 0.15) is 31.7 Å². The van der Waals surface area contributed by atoms with Crippen LogP contribution in [0, 0.1) is 5.82 Å². The lowest BCUT2D eigenvalue weighted by Gasteiger charge is -2.35. The minimum Gasteiger partial charge on any atom is -0.384 e. The van der Waals surface area contributed by atoms with E-state index in [2.05, 4.69) is 41.6 Å². The second-order valence-corrected chi connectivity index (χ2v) is 13.2. The molecular weight excluding hydrogens is 599 g/mol. The van der Waals surface area contributed by atoms with Gasteiger partial charge in [0.25, 0.3) is 0 Å². The molecule has 1 N–H and O–H groups in total.